The van der Waals surface area contributed by atoms with E-state index in [0.717, 1.165) is 44.3 Å². The molecule has 0 saturated carbocycles. The Kier molecular flexibility index (Phi) is 5.90. The van der Waals surface area contributed by atoms with Gasteiger partial charge in [-0.05, 0) is 71.8 Å². The highest BCUT2D eigenvalue weighted by Gasteiger charge is 2.43. The summed E-state index contributed by atoms with van der Waals surface area (Å²) >= 11 is 0. The molecule has 1 atom stereocenters. The second kappa shape index (κ2) is 8.24. The van der Waals surface area contributed by atoms with Gasteiger partial charge in [0, 0.05) is 23.5 Å². The molecule has 2 aliphatic carbocycles. The van der Waals surface area contributed by atoms with Gasteiger partial charge in [0.15, 0.2) is 0 Å². The predicted molar refractivity (Wildman–Crippen MR) is 130 cm³/mol. The van der Waals surface area contributed by atoms with E-state index in [2.05, 4.69) is 58.9 Å². The van der Waals surface area contributed by atoms with Crippen LogP contribution in [-0.4, -0.2) is 11.1 Å². The van der Waals surface area contributed by atoms with E-state index in [1.807, 2.05) is 0 Å². The van der Waals surface area contributed by atoms with E-state index in [-0.39, 0.29) is 16.2 Å². The zero-order valence-corrected chi connectivity index (χ0v) is 20.4. The summed E-state index contributed by atoms with van der Waals surface area (Å²) in [4.78, 5) is 11.0. The maximum atomic E-state index is 11.0. The first-order valence-corrected chi connectivity index (χ1v) is 12.3. The Hall–Kier alpha value is -2.29. The fourth-order valence-electron chi connectivity index (χ4n) is 6.03. The van der Waals surface area contributed by atoms with Gasteiger partial charge in [-0.1, -0.05) is 65.7 Å². The van der Waals surface area contributed by atoms with Crippen LogP contribution in [-0.2, 0) is 27.5 Å². The molecular formula is C29H38O3. The third-order valence-electron chi connectivity index (χ3n) is 8.10. The van der Waals surface area contributed by atoms with Crippen molar-refractivity contribution < 1.29 is 14.3 Å². The standard InChI is InChI=1S/C29H38O3/c1-6-7-14-29(15-8-9-25-24(29)19-21(32-25)11-13-26(30)31)20-10-12-22-23(18-20)28(4,5)17-16-27(22,2)3/h10-13,18-19H,6-9,14-17H2,1-5H3,(H,30,31)/b13-11+. The minimum Gasteiger partial charge on any atom is -0.478 e. The molecule has 0 radical (unpaired) electrons. The lowest BCUT2D eigenvalue weighted by atomic mass is 9.60. The largest absolute Gasteiger partial charge is 0.478 e. The molecule has 32 heavy (non-hydrogen) atoms. The second-order valence-electron chi connectivity index (χ2n) is 11.2. The molecule has 1 N–H and O–H groups in total. The van der Waals surface area contributed by atoms with E-state index in [4.69, 9.17) is 9.52 Å². The van der Waals surface area contributed by atoms with Crippen molar-refractivity contribution in [2.24, 2.45) is 0 Å². The Balaban J connectivity index is 1.87. The van der Waals surface area contributed by atoms with Crippen LogP contribution in [0.1, 0.15) is 113 Å². The molecule has 0 fully saturated rings. The zero-order valence-electron chi connectivity index (χ0n) is 20.4. The number of aliphatic carboxylic acids is 1. The molecule has 3 heteroatoms. The predicted octanol–water partition coefficient (Wildman–Crippen LogP) is 7.54. The molecule has 0 bridgehead atoms. The smallest absolute Gasteiger partial charge is 0.328 e. The lowest BCUT2D eigenvalue weighted by Gasteiger charge is -2.44. The van der Waals surface area contributed by atoms with Crippen LogP contribution in [0.15, 0.2) is 34.8 Å². The summed E-state index contributed by atoms with van der Waals surface area (Å²) < 4.78 is 6.15. The Labute approximate surface area is 192 Å². The van der Waals surface area contributed by atoms with Gasteiger partial charge in [-0.2, -0.15) is 0 Å². The minimum atomic E-state index is -0.948. The number of fused-ring (bicyclic) bond motifs is 2. The topological polar surface area (TPSA) is 50.4 Å². The fourth-order valence-corrected chi connectivity index (χ4v) is 6.03. The minimum absolute atomic E-state index is 0.0604. The SMILES string of the molecule is CCCCC1(c2ccc3c(c2)C(C)(C)CCC3(C)C)CCCc2oc(/C=C/C(=O)O)cc21. The van der Waals surface area contributed by atoms with Gasteiger partial charge in [0.1, 0.15) is 11.5 Å². The highest BCUT2D eigenvalue weighted by Crippen LogP contribution is 2.51. The van der Waals surface area contributed by atoms with Gasteiger partial charge in [0.05, 0.1) is 0 Å². The van der Waals surface area contributed by atoms with Crippen molar-refractivity contribution in [2.45, 2.75) is 102 Å². The number of benzene rings is 1. The summed E-state index contributed by atoms with van der Waals surface area (Å²) in [6, 6.07) is 9.41. The Morgan fingerprint density at radius 3 is 2.44 bits per heavy atom. The van der Waals surface area contributed by atoms with Crippen molar-refractivity contribution >= 4 is 12.0 Å². The van der Waals surface area contributed by atoms with Gasteiger partial charge < -0.3 is 9.52 Å². The molecule has 2 aromatic rings. The van der Waals surface area contributed by atoms with Crippen molar-refractivity contribution in [3.05, 3.63) is 64.1 Å². The van der Waals surface area contributed by atoms with E-state index < -0.39 is 5.97 Å². The molecule has 4 rings (SSSR count). The van der Waals surface area contributed by atoms with Crippen molar-refractivity contribution in [1.29, 1.82) is 0 Å². The summed E-state index contributed by atoms with van der Waals surface area (Å²) in [7, 11) is 0. The number of carboxylic acids is 1. The van der Waals surface area contributed by atoms with Crippen LogP contribution < -0.4 is 0 Å². The highest BCUT2D eigenvalue weighted by molar-refractivity contribution is 5.84. The van der Waals surface area contributed by atoms with Crippen molar-refractivity contribution in [3.8, 4) is 0 Å². The average molecular weight is 435 g/mol. The molecule has 1 aromatic heterocycles. The first-order valence-electron chi connectivity index (χ1n) is 12.3. The maximum absolute atomic E-state index is 11.0. The average Bonchev–Trinajstić information content (AvgIpc) is 3.18. The Bertz CT molecular complexity index is 1040. The number of unbranched alkanes of at least 4 members (excludes halogenated alkanes) is 1. The molecule has 2 aliphatic rings. The van der Waals surface area contributed by atoms with Crippen molar-refractivity contribution in [2.75, 3.05) is 0 Å². The number of hydrogen-bond acceptors (Lipinski definition) is 2. The van der Waals surface area contributed by atoms with Crippen LogP contribution in [0.4, 0.5) is 0 Å². The number of furan rings is 1. The van der Waals surface area contributed by atoms with Crippen LogP contribution in [0, 0.1) is 0 Å². The van der Waals surface area contributed by atoms with E-state index in [1.165, 1.54) is 41.2 Å². The van der Waals surface area contributed by atoms with Gasteiger partial charge >= 0.3 is 5.97 Å². The number of hydrogen-bond donors (Lipinski definition) is 1. The lowest BCUT2D eigenvalue weighted by Crippen LogP contribution is -2.36. The zero-order chi connectivity index (χ0) is 23.1. The molecule has 0 amide bonds. The molecule has 0 aliphatic heterocycles. The molecule has 1 unspecified atom stereocenters. The Morgan fingerprint density at radius 1 is 1.03 bits per heavy atom. The second-order valence-corrected chi connectivity index (χ2v) is 11.2. The normalized spacial score (nSPS) is 23.7. The molecule has 3 nitrogen and oxygen atoms in total. The fraction of sp³-hybridized carbons (Fsp3) is 0.552. The summed E-state index contributed by atoms with van der Waals surface area (Å²) in [6.07, 6.45) is 11.7. The molecule has 1 aromatic carbocycles. The summed E-state index contributed by atoms with van der Waals surface area (Å²) in [5.74, 6) is 0.741. The lowest BCUT2D eigenvalue weighted by molar-refractivity contribution is -0.131. The van der Waals surface area contributed by atoms with Gasteiger partial charge in [-0.15, -0.1) is 0 Å². The van der Waals surface area contributed by atoms with Gasteiger partial charge in [0.25, 0.3) is 0 Å². The molecular weight excluding hydrogens is 396 g/mol. The third-order valence-corrected chi connectivity index (χ3v) is 8.10. The number of carboxylic acid groups (broad SMARTS) is 1. The van der Waals surface area contributed by atoms with Crippen LogP contribution in [0.5, 0.6) is 0 Å². The van der Waals surface area contributed by atoms with Crippen LogP contribution in [0.3, 0.4) is 0 Å². The number of carbonyl (C=O) groups is 1. The van der Waals surface area contributed by atoms with E-state index in [0.29, 0.717) is 5.76 Å². The summed E-state index contributed by atoms with van der Waals surface area (Å²) in [5.41, 5.74) is 6.01. The molecule has 172 valence electrons. The maximum Gasteiger partial charge on any atom is 0.328 e. The summed E-state index contributed by atoms with van der Waals surface area (Å²) in [6.45, 7) is 11.8. The van der Waals surface area contributed by atoms with Crippen LogP contribution in [0.25, 0.3) is 6.08 Å². The van der Waals surface area contributed by atoms with Gasteiger partial charge in [0.2, 0.25) is 0 Å². The number of rotatable bonds is 6. The first kappa shape index (κ1) is 22.9. The first-order chi connectivity index (χ1) is 15.1. The molecule has 1 heterocycles. The van der Waals surface area contributed by atoms with Gasteiger partial charge in [-0.3, -0.25) is 0 Å². The van der Waals surface area contributed by atoms with E-state index in [1.54, 1.807) is 6.08 Å². The van der Waals surface area contributed by atoms with E-state index in [9.17, 15) is 4.79 Å². The number of aryl methyl sites for hydroxylation is 1. The van der Waals surface area contributed by atoms with Crippen molar-refractivity contribution in [1.82, 2.24) is 0 Å². The third kappa shape index (κ3) is 3.95. The molecule has 0 saturated heterocycles. The highest BCUT2D eigenvalue weighted by atomic mass is 16.4. The quantitative estimate of drug-likeness (QED) is 0.478. The Morgan fingerprint density at radius 2 is 1.75 bits per heavy atom. The van der Waals surface area contributed by atoms with Gasteiger partial charge in [-0.25, -0.2) is 4.79 Å². The van der Waals surface area contributed by atoms with Crippen LogP contribution >= 0.6 is 0 Å². The van der Waals surface area contributed by atoms with Crippen LogP contribution in [0.2, 0.25) is 0 Å². The summed E-state index contributed by atoms with van der Waals surface area (Å²) in [5, 5.41) is 9.05. The monoisotopic (exact) mass is 434 g/mol. The van der Waals surface area contributed by atoms with E-state index >= 15 is 0 Å². The molecule has 0 spiro atoms. The van der Waals surface area contributed by atoms with Crippen molar-refractivity contribution in [3.63, 3.8) is 0 Å².